The Morgan fingerprint density at radius 2 is 2.00 bits per heavy atom. The van der Waals surface area contributed by atoms with Crippen molar-refractivity contribution in [3.63, 3.8) is 0 Å². The minimum absolute atomic E-state index is 0.147. The fourth-order valence-electron chi connectivity index (χ4n) is 1.76. The summed E-state index contributed by atoms with van der Waals surface area (Å²) in [7, 11) is 1.90. The van der Waals surface area contributed by atoms with E-state index in [9.17, 15) is 4.39 Å². The van der Waals surface area contributed by atoms with Crippen LogP contribution in [0.5, 0.6) is 0 Å². The molecule has 2 aromatic rings. The Balaban J connectivity index is 2.20. The second-order valence-corrected chi connectivity index (χ2v) is 3.75. The molecular weight excluding hydrogens is 203 g/mol. The van der Waals surface area contributed by atoms with Gasteiger partial charge >= 0.3 is 0 Å². The van der Waals surface area contributed by atoms with E-state index in [4.69, 9.17) is 0 Å². The van der Waals surface area contributed by atoms with Crippen LogP contribution in [0.1, 0.15) is 11.3 Å². The Morgan fingerprint density at radius 3 is 2.75 bits per heavy atom. The molecule has 0 aliphatic rings. The fraction of sp³-hybridized carbons (Fsp3) is 0.231. The van der Waals surface area contributed by atoms with Crippen LogP contribution in [0.3, 0.4) is 0 Å². The van der Waals surface area contributed by atoms with Crippen molar-refractivity contribution in [3.8, 4) is 0 Å². The molecule has 84 valence electrons. The van der Waals surface area contributed by atoms with Gasteiger partial charge in [-0.25, -0.2) is 4.39 Å². The van der Waals surface area contributed by atoms with Gasteiger partial charge in [-0.15, -0.1) is 0 Å². The number of halogens is 1. The fourth-order valence-corrected chi connectivity index (χ4v) is 1.76. The third kappa shape index (κ3) is 2.31. The van der Waals surface area contributed by atoms with Crippen molar-refractivity contribution in [2.45, 2.75) is 13.1 Å². The standard InChI is InChI=1S/C13H15FN2/c1-15-9-12-6-4-8-16(12)10-11-5-2-3-7-13(11)14/h2-8,15H,9-10H2,1H3. The molecule has 0 saturated heterocycles. The number of hydrogen-bond donors (Lipinski definition) is 1. The van der Waals surface area contributed by atoms with E-state index in [-0.39, 0.29) is 5.82 Å². The van der Waals surface area contributed by atoms with Crippen LogP contribution in [0.25, 0.3) is 0 Å². The molecule has 0 aliphatic heterocycles. The molecule has 2 nitrogen and oxygen atoms in total. The Morgan fingerprint density at radius 1 is 1.19 bits per heavy atom. The van der Waals surface area contributed by atoms with Crippen LogP contribution in [0, 0.1) is 5.82 Å². The van der Waals surface area contributed by atoms with Crippen LogP contribution in [0.15, 0.2) is 42.6 Å². The van der Waals surface area contributed by atoms with Gasteiger partial charge in [-0.1, -0.05) is 18.2 Å². The van der Waals surface area contributed by atoms with E-state index in [1.807, 2.05) is 37.5 Å². The average Bonchev–Trinajstić information content (AvgIpc) is 2.70. The van der Waals surface area contributed by atoms with Gasteiger partial charge < -0.3 is 9.88 Å². The highest BCUT2D eigenvalue weighted by molar-refractivity contribution is 5.19. The Hall–Kier alpha value is -1.61. The van der Waals surface area contributed by atoms with Crippen molar-refractivity contribution in [2.75, 3.05) is 7.05 Å². The molecule has 1 aromatic carbocycles. The van der Waals surface area contributed by atoms with Crippen LogP contribution in [-0.2, 0) is 13.1 Å². The number of rotatable bonds is 4. The van der Waals surface area contributed by atoms with E-state index >= 15 is 0 Å². The van der Waals surface area contributed by atoms with Crippen molar-refractivity contribution >= 4 is 0 Å². The molecule has 16 heavy (non-hydrogen) atoms. The van der Waals surface area contributed by atoms with E-state index < -0.39 is 0 Å². The summed E-state index contributed by atoms with van der Waals surface area (Å²) >= 11 is 0. The smallest absolute Gasteiger partial charge is 0.128 e. The van der Waals surface area contributed by atoms with E-state index in [2.05, 4.69) is 9.88 Å². The van der Waals surface area contributed by atoms with Crippen molar-refractivity contribution in [2.24, 2.45) is 0 Å². The molecule has 0 bridgehead atoms. The lowest BCUT2D eigenvalue weighted by atomic mass is 10.2. The Kier molecular flexibility index (Phi) is 3.37. The van der Waals surface area contributed by atoms with E-state index in [0.717, 1.165) is 17.8 Å². The minimum atomic E-state index is -0.147. The molecule has 0 spiro atoms. The molecule has 0 radical (unpaired) electrons. The third-order valence-electron chi connectivity index (χ3n) is 2.58. The maximum absolute atomic E-state index is 13.5. The first-order valence-electron chi connectivity index (χ1n) is 5.33. The van der Waals surface area contributed by atoms with Crippen molar-refractivity contribution in [3.05, 3.63) is 59.7 Å². The average molecular weight is 218 g/mol. The van der Waals surface area contributed by atoms with Crippen molar-refractivity contribution in [1.29, 1.82) is 0 Å². The summed E-state index contributed by atoms with van der Waals surface area (Å²) in [6.45, 7) is 1.37. The zero-order chi connectivity index (χ0) is 11.4. The molecule has 0 atom stereocenters. The highest BCUT2D eigenvalue weighted by atomic mass is 19.1. The Labute approximate surface area is 94.7 Å². The lowest BCUT2D eigenvalue weighted by Gasteiger charge is -2.09. The van der Waals surface area contributed by atoms with E-state index in [1.165, 1.54) is 6.07 Å². The van der Waals surface area contributed by atoms with Gasteiger partial charge in [-0.3, -0.25) is 0 Å². The summed E-state index contributed by atoms with van der Waals surface area (Å²) in [4.78, 5) is 0. The summed E-state index contributed by atoms with van der Waals surface area (Å²) in [6.07, 6.45) is 1.97. The van der Waals surface area contributed by atoms with Crippen molar-refractivity contribution < 1.29 is 4.39 Å². The van der Waals surface area contributed by atoms with Gasteiger partial charge in [0.1, 0.15) is 5.82 Å². The lowest BCUT2D eigenvalue weighted by Crippen LogP contribution is -2.11. The van der Waals surface area contributed by atoms with Crippen LogP contribution in [0.2, 0.25) is 0 Å². The first-order valence-corrected chi connectivity index (χ1v) is 5.33. The van der Waals surface area contributed by atoms with Crippen LogP contribution in [0.4, 0.5) is 4.39 Å². The Bertz CT molecular complexity index is 462. The molecule has 0 saturated carbocycles. The van der Waals surface area contributed by atoms with Gasteiger partial charge in [0.05, 0.1) is 6.54 Å². The molecule has 2 rings (SSSR count). The normalized spacial score (nSPS) is 10.6. The van der Waals surface area contributed by atoms with Crippen LogP contribution >= 0.6 is 0 Å². The molecule has 1 aromatic heterocycles. The van der Waals surface area contributed by atoms with E-state index in [1.54, 1.807) is 6.07 Å². The van der Waals surface area contributed by atoms with Crippen LogP contribution < -0.4 is 5.32 Å². The second-order valence-electron chi connectivity index (χ2n) is 3.75. The maximum atomic E-state index is 13.5. The SMILES string of the molecule is CNCc1cccn1Cc1ccccc1F. The van der Waals surface area contributed by atoms with Crippen LogP contribution in [-0.4, -0.2) is 11.6 Å². The largest absolute Gasteiger partial charge is 0.346 e. The summed E-state index contributed by atoms with van der Waals surface area (Å²) in [5, 5.41) is 3.10. The van der Waals surface area contributed by atoms with Gasteiger partial charge in [0.2, 0.25) is 0 Å². The van der Waals surface area contributed by atoms with Gasteiger partial charge in [0.15, 0.2) is 0 Å². The first-order chi connectivity index (χ1) is 7.81. The number of aromatic nitrogens is 1. The lowest BCUT2D eigenvalue weighted by molar-refractivity contribution is 0.593. The molecular formula is C13H15FN2. The molecule has 3 heteroatoms. The van der Waals surface area contributed by atoms with Gasteiger partial charge in [-0.2, -0.15) is 0 Å². The number of benzene rings is 1. The second kappa shape index (κ2) is 4.94. The molecule has 0 amide bonds. The van der Waals surface area contributed by atoms with E-state index in [0.29, 0.717) is 6.54 Å². The van der Waals surface area contributed by atoms with Gasteiger partial charge in [0, 0.05) is 24.0 Å². The molecule has 1 N–H and O–H groups in total. The molecule has 0 fully saturated rings. The number of nitrogens with zero attached hydrogens (tertiary/aromatic N) is 1. The first kappa shape index (κ1) is 10.9. The minimum Gasteiger partial charge on any atom is -0.346 e. The van der Waals surface area contributed by atoms with Gasteiger partial charge in [0.25, 0.3) is 0 Å². The predicted octanol–water partition coefficient (Wildman–Crippen LogP) is 2.39. The number of hydrogen-bond acceptors (Lipinski definition) is 1. The summed E-state index contributed by atoms with van der Waals surface area (Å²) in [6, 6.07) is 10.9. The number of nitrogens with one attached hydrogen (secondary N) is 1. The monoisotopic (exact) mass is 218 g/mol. The van der Waals surface area contributed by atoms with Gasteiger partial charge in [-0.05, 0) is 25.2 Å². The highest BCUT2D eigenvalue weighted by Crippen LogP contribution is 2.11. The quantitative estimate of drug-likeness (QED) is 0.833. The maximum Gasteiger partial charge on any atom is 0.128 e. The molecule has 1 heterocycles. The van der Waals surface area contributed by atoms with Crippen molar-refractivity contribution in [1.82, 2.24) is 9.88 Å². The summed E-state index contributed by atoms with van der Waals surface area (Å²) in [5.41, 5.74) is 1.88. The topological polar surface area (TPSA) is 17.0 Å². The third-order valence-corrected chi connectivity index (χ3v) is 2.58. The predicted molar refractivity (Wildman–Crippen MR) is 62.7 cm³/mol. The highest BCUT2D eigenvalue weighted by Gasteiger charge is 2.04. The zero-order valence-corrected chi connectivity index (χ0v) is 9.28. The molecule has 0 aliphatic carbocycles. The zero-order valence-electron chi connectivity index (χ0n) is 9.28. The summed E-state index contributed by atoms with van der Waals surface area (Å²) < 4.78 is 15.5. The summed E-state index contributed by atoms with van der Waals surface area (Å²) in [5.74, 6) is -0.147. The molecule has 0 unspecified atom stereocenters.